The molecule has 3 aromatic rings. The van der Waals surface area contributed by atoms with E-state index in [4.69, 9.17) is 0 Å². The predicted octanol–water partition coefficient (Wildman–Crippen LogP) is 5.07. The average molecular weight is 383 g/mol. The molecule has 0 radical (unpaired) electrons. The molecule has 0 spiro atoms. The van der Waals surface area contributed by atoms with Gasteiger partial charge in [0.1, 0.15) is 0 Å². The normalized spacial score (nSPS) is 17.3. The third-order valence-electron chi connectivity index (χ3n) is 5.88. The van der Waals surface area contributed by atoms with Crippen molar-refractivity contribution in [1.82, 2.24) is 5.43 Å². The highest BCUT2D eigenvalue weighted by Gasteiger charge is 2.60. The van der Waals surface area contributed by atoms with E-state index in [1.165, 1.54) is 27.8 Å². The Morgan fingerprint density at radius 3 is 1.76 bits per heavy atom. The van der Waals surface area contributed by atoms with Gasteiger partial charge >= 0.3 is 0 Å². The van der Waals surface area contributed by atoms with Crippen LogP contribution < -0.4 is 5.43 Å². The van der Waals surface area contributed by atoms with Gasteiger partial charge in [-0.15, -0.1) is 0 Å². The molecule has 3 nitrogen and oxygen atoms in total. The maximum Gasteiger partial charge on any atom is 0.244 e. The number of rotatable bonds is 5. The fourth-order valence-electron chi connectivity index (χ4n) is 3.99. The van der Waals surface area contributed by atoms with E-state index in [2.05, 4.69) is 72.9 Å². The Balaban J connectivity index is 1.56. The van der Waals surface area contributed by atoms with E-state index < -0.39 is 0 Å². The summed E-state index contributed by atoms with van der Waals surface area (Å²) < 4.78 is 0. The fraction of sp³-hybridized carbons (Fsp3) is 0.231. The molecule has 1 amide bonds. The summed E-state index contributed by atoms with van der Waals surface area (Å²) in [7, 11) is 0. The van der Waals surface area contributed by atoms with E-state index in [-0.39, 0.29) is 17.2 Å². The van der Waals surface area contributed by atoms with Crippen molar-refractivity contribution in [2.24, 2.45) is 11.0 Å². The lowest BCUT2D eigenvalue weighted by Gasteiger charge is -2.19. The third-order valence-corrected chi connectivity index (χ3v) is 5.88. The number of carbonyl (C=O) groups excluding carboxylic acids is 1. The second-order valence-corrected chi connectivity index (χ2v) is 8.11. The van der Waals surface area contributed by atoms with Crippen LogP contribution in [-0.4, -0.2) is 12.1 Å². The van der Waals surface area contributed by atoms with Gasteiger partial charge < -0.3 is 0 Å². The first-order chi connectivity index (χ1) is 14.0. The van der Waals surface area contributed by atoms with Crippen molar-refractivity contribution in [3.63, 3.8) is 0 Å². The smallest absolute Gasteiger partial charge is 0.244 e. The molecule has 1 atom stereocenters. The summed E-state index contributed by atoms with van der Waals surface area (Å²) in [5, 5.41) is 4.19. The molecule has 3 aromatic carbocycles. The first kappa shape index (κ1) is 19.1. The maximum absolute atomic E-state index is 12.9. The highest BCUT2D eigenvalue weighted by molar-refractivity contribution is 5.87. The van der Waals surface area contributed by atoms with Crippen molar-refractivity contribution in [3.8, 4) is 0 Å². The molecule has 0 saturated heterocycles. The largest absolute Gasteiger partial charge is 0.273 e. The average Bonchev–Trinajstić information content (AvgIpc) is 3.47. The lowest BCUT2D eigenvalue weighted by atomic mass is 9.85. The van der Waals surface area contributed by atoms with E-state index in [1.807, 2.05) is 31.2 Å². The maximum atomic E-state index is 12.9. The lowest BCUT2D eigenvalue weighted by Crippen LogP contribution is -2.25. The number of hydrogen-bond donors (Lipinski definition) is 1. The molecule has 3 heteroatoms. The van der Waals surface area contributed by atoms with Gasteiger partial charge in [0.15, 0.2) is 0 Å². The van der Waals surface area contributed by atoms with Crippen molar-refractivity contribution < 1.29 is 4.79 Å². The minimum atomic E-state index is -0.273. The highest BCUT2D eigenvalue weighted by atomic mass is 16.2. The number of aryl methyl sites for hydroxylation is 3. The molecule has 146 valence electrons. The van der Waals surface area contributed by atoms with Gasteiger partial charge in [-0.1, -0.05) is 89.5 Å². The number of benzene rings is 3. The SMILES string of the molecule is Cc1ccc(/C=N/NC(=O)C2CC2(c2ccc(C)cc2)c2ccc(C)cc2)cc1. The first-order valence-corrected chi connectivity index (χ1v) is 10.0. The Labute approximate surface area is 172 Å². The molecule has 1 fully saturated rings. The first-order valence-electron chi connectivity index (χ1n) is 10.0. The number of nitrogens with zero attached hydrogens (tertiary/aromatic N) is 1. The zero-order valence-corrected chi connectivity index (χ0v) is 17.1. The zero-order valence-electron chi connectivity index (χ0n) is 17.1. The summed E-state index contributed by atoms with van der Waals surface area (Å²) in [6, 6.07) is 25.1. The molecule has 29 heavy (non-hydrogen) atoms. The number of amides is 1. The summed E-state index contributed by atoms with van der Waals surface area (Å²) in [5.41, 5.74) is 9.47. The van der Waals surface area contributed by atoms with Crippen molar-refractivity contribution in [3.05, 3.63) is 106 Å². The monoisotopic (exact) mass is 382 g/mol. The minimum absolute atomic E-state index is 0.0329. The number of nitrogens with one attached hydrogen (secondary N) is 1. The molecule has 1 aliphatic carbocycles. The van der Waals surface area contributed by atoms with Crippen LogP contribution in [0.4, 0.5) is 0 Å². The van der Waals surface area contributed by atoms with Crippen molar-refractivity contribution in [2.45, 2.75) is 32.6 Å². The lowest BCUT2D eigenvalue weighted by molar-refractivity contribution is -0.122. The summed E-state index contributed by atoms with van der Waals surface area (Å²) in [4.78, 5) is 12.9. The highest BCUT2D eigenvalue weighted by Crippen LogP contribution is 2.59. The van der Waals surface area contributed by atoms with Crippen LogP contribution in [0.25, 0.3) is 0 Å². The third kappa shape index (κ3) is 3.86. The molecule has 0 heterocycles. The molecule has 0 bridgehead atoms. The fourth-order valence-corrected chi connectivity index (χ4v) is 3.99. The summed E-state index contributed by atoms with van der Waals surface area (Å²) in [6.07, 6.45) is 2.49. The molecule has 1 N–H and O–H groups in total. The molecule has 0 aromatic heterocycles. The van der Waals surface area contributed by atoms with E-state index in [0.717, 1.165) is 12.0 Å². The van der Waals surface area contributed by atoms with Crippen LogP contribution in [0.2, 0.25) is 0 Å². The second kappa shape index (κ2) is 7.67. The number of carbonyl (C=O) groups is 1. The van der Waals surface area contributed by atoms with E-state index in [0.29, 0.717) is 0 Å². The topological polar surface area (TPSA) is 41.5 Å². The quantitative estimate of drug-likeness (QED) is 0.486. The summed E-state index contributed by atoms with van der Waals surface area (Å²) in [6.45, 7) is 6.21. The van der Waals surface area contributed by atoms with Crippen molar-refractivity contribution in [1.29, 1.82) is 0 Å². The van der Waals surface area contributed by atoms with Crippen LogP contribution in [0.3, 0.4) is 0 Å². The Morgan fingerprint density at radius 1 is 0.828 bits per heavy atom. The van der Waals surface area contributed by atoms with Gasteiger partial charge in [-0.3, -0.25) is 4.79 Å². The van der Waals surface area contributed by atoms with Gasteiger partial charge in [0.25, 0.3) is 0 Å². The van der Waals surface area contributed by atoms with E-state index in [1.54, 1.807) is 6.21 Å². The van der Waals surface area contributed by atoms with Gasteiger partial charge in [0.05, 0.1) is 12.1 Å². The summed E-state index contributed by atoms with van der Waals surface area (Å²) >= 11 is 0. The van der Waals surface area contributed by atoms with Crippen LogP contribution in [-0.2, 0) is 10.2 Å². The molecule has 1 saturated carbocycles. The predicted molar refractivity (Wildman–Crippen MR) is 118 cm³/mol. The van der Waals surface area contributed by atoms with Gasteiger partial charge in [0, 0.05) is 5.41 Å². The Kier molecular flexibility index (Phi) is 5.06. The molecular weight excluding hydrogens is 356 g/mol. The second-order valence-electron chi connectivity index (χ2n) is 8.11. The molecular formula is C26H26N2O. The van der Waals surface area contributed by atoms with Crippen molar-refractivity contribution in [2.75, 3.05) is 0 Å². The Hall–Kier alpha value is -3.20. The van der Waals surface area contributed by atoms with Crippen LogP contribution in [0.5, 0.6) is 0 Å². The number of hydrazone groups is 1. The molecule has 1 aliphatic rings. The van der Waals surface area contributed by atoms with Gasteiger partial charge in [-0.05, 0) is 43.9 Å². The van der Waals surface area contributed by atoms with Crippen LogP contribution >= 0.6 is 0 Å². The zero-order chi connectivity index (χ0) is 20.4. The minimum Gasteiger partial charge on any atom is -0.273 e. The van der Waals surface area contributed by atoms with Crippen LogP contribution in [0, 0.1) is 26.7 Å². The standard InChI is InChI=1S/C26H26N2O/c1-18-4-10-21(11-5-18)17-27-28-25(29)24-16-26(24,22-12-6-19(2)7-13-22)23-14-8-20(3)9-15-23/h4-15,17,24H,16H2,1-3H3,(H,28,29)/b27-17+. The van der Waals surface area contributed by atoms with Crippen LogP contribution in [0.1, 0.15) is 39.8 Å². The summed E-state index contributed by atoms with van der Waals surface area (Å²) in [5.74, 6) is -0.155. The molecule has 0 aliphatic heterocycles. The van der Waals surface area contributed by atoms with E-state index >= 15 is 0 Å². The van der Waals surface area contributed by atoms with Crippen LogP contribution in [0.15, 0.2) is 77.9 Å². The van der Waals surface area contributed by atoms with Gasteiger partial charge in [-0.2, -0.15) is 5.10 Å². The van der Waals surface area contributed by atoms with E-state index in [9.17, 15) is 4.79 Å². The van der Waals surface area contributed by atoms with Crippen molar-refractivity contribution >= 4 is 12.1 Å². The Bertz CT molecular complexity index is 986. The molecule has 4 rings (SSSR count). The van der Waals surface area contributed by atoms with Gasteiger partial charge in [0.2, 0.25) is 5.91 Å². The molecule has 1 unspecified atom stereocenters. The van der Waals surface area contributed by atoms with Gasteiger partial charge in [-0.25, -0.2) is 5.43 Å². The number of hydrogen-bond acceptors (Lipinski definition) is 2. The Morgan fingerprint density at radius 2 is 1.28 bits per heavy atom.